The van der Waals surface area contributed by atoms with Crippen molar-refractivity contribution in [3.05, 3.63) is 35.4 Å². The van der Waals surface area contributed by atoms with Crippen LogP contribution in [0.4, 0.5) is 0 Å². The Morgan fingerprint density at radius 1 is 1.32 bits per heavy atom. The van der Waals surface area contributed by atoms with Gasteiger partial charge in [0, 0.05) is 32.6 Å². The Labute approximate surface area is 135 Å². The number of carbonyl (C=O) groups excluding carboxylic acids is 1. The summed E-state index contributed by atoms with van der Waals surface area (Å²) in [5, 5.41) is 3.07. The minimum absolute atomic E-state index is 0.213. The smallest absolute Gasteiger partial charge is 0.220 e. The van der Waals surface area contributed by atoms with Gasteiger partial charge in [-0.05, 0) is 29.9 Å². The molecule has 0 bridgehead atoms. The number of nitrogens with one attached hydrogen (secondary N) is 1. The summed E-state index contributed by atoms with van der Waals surface area (Å²) in [4.78, 5) is 14.3. The Morgan fingerprint density at radius 3 is 2.86 bits per heavy atom. The molecular weight excluding hydrogens is 272 g/mol. The molecule has 1 aromatic rings. The van der Waals surface area contributed by atoms with E-state index < -0.39 is 0 Å². The number of rotatable bonds is 8. The summed E-state index contributed by atoms with van der Waals surface area (Å²) in [6.45, 7) is 8.39. The minimum atomic E-state index is 0.213. The molecule has 122 valence electrons. The van der Waals surface area contributed by atoms with E-state index in [9.17, 15) is 4.79 Å². The molecule has 22 heavy (non-hydrogen) atoms. The van der Waals surface area contributed by atoms with Crippen molar-refractivity contribution < 1.29 is 4.79 Å². The van der Waals surface area contributed by atoms with Gasteiger partial charge in [-0.1, -0.05) is 51.0 Å². The molecule has 0 spiro atoms. The maximum absolute atomic E-state index is 11.8. The lowest BCUT2D eigenvalue weighted by molar-refractivity contribution is -0.121. The van der Waals surface area contributed by atoms with E-state index in [1.54, 1.807) is 0 Å². The molecule has 0 aromatic heterocycles. The van der Waals surface area contributed by atoms with Crippen LogP contribution in [0, 0.1) is 5.92 Å². The first kappa shape index (κ1) is 17.0. The third-order valence-corrected chi connectivity index (χ3v) is 4.50. The van der Waals surface area contributed by atoms with Gasteiger partial charge < -0.3 is 5.32 Å². The minimum Gasteiger partial charge on any atom is -0.356 e. The SMILES string of the molecule is CCCC(C)CC(=O)NCCCN1CCc2ccccc2C1. The molecule has 1 heterocycles. The molecule has 1 aliphatic heterocycles. The third-order valence-electron chi connectivity index (χ3n) is 4.50. The van der Waals surface area contributed by atoms with Crippen molar-refractivity contribution in [2.75, 3.05) is 19.6 Å². The van der Waals surface area contributed by atoms with Gasteiger partial charge in [-0.15, -0.1) is 0 Å². The van der Waals surface area contributed by atoms with E-state index in [4.69, 9.17) is 0 Å². The fourth-order valence-corrected chi connectivity index (χ4v) is 3.26. The zero-order chi connectivity index (χ0) is 15.8. The molecule has 1 N–H and O–H groups in total. The molecule has 0 aliphatic carbocycles. The lowest BCUT2D eigenvalue weighted by Gasteiger charge is -2.28. The summed E-state index contributed by atoms with van der Waals surface area (Å²) < 4.78 is 0. The van der Waals surface area contributed by atoms with Crippen molar-refractivity contribution in [3.63, 3.8) is 0 Å². The molecule has 3 heteroatoms. The molecule has 1 aliphatic rings. The molecule has 1 amide bonds. The predicted octanol–water partition coefficient (Wildman–Crippen LogP) is 3.38. The maximum Gasteiger partial charge on any atom is 0.220 e. The van der Waals surface area contributed by atoms with Crippen molar-refractivity contribution >= 4 is 5.91 Å². The predicted molar refractivity (Wildman–Crippen MR) is 91.7 cm³/mol. The zero-order valence-corrected chi connectivity index (χ0v) is 14.1. The number of benzene rings is 1. The van der Waals surface area contributed by atoms with Gasteiger partial charge in [0.2, 0.25) is 5.91 Å². The van der Waals surface area contributed by atoms with E-state index in [2.05, 4.69) is 48.3 Å². The molecule has 1 aromatic carbocycles. The van der Waals surface area contributed by atoms with Gasteiger partial charge in [-0.25, -0.2) is 0 Å². The van der Waals surface area contributed by atoms with Gasteiger partial charge in [0.1, 0.15) is 0 Å². The summed E-state index contributed by atoms with van der Waals surface area (Å²) >= 11 is 0. The van der Waals surface area contributed by atoms with E-state index in [0.717, 1.165) is 51.9 Å². The molecule has 0 saturated carbocycles. The van der Waals surface area contributed by atoms with Crippen LogP contribution in [0.2, 0.25) is 0 Å². The lowest BCUT2D eigenvalue weighted by Crippen LogP contribution is -2.34. The highest BCUT2D eigenvalue weighted by molar-refractivity contribution is 5.76. The second-order valence-electron chi connectivity index (χ2n) is 6.60. The highest BCUT2D eigenvalue weighted by Crippen LogP contribution is 2.18. The van der Waals surface area contributed by atoms with Crippen LogP contribution in [0.5, 0.6) is 0 Å². The molecular formula is C19H30N2O. The first-order valence-corrected chi connectivity index (χ1v) is 8.75. The Balaban J connectivity index is 1.61. The average Bonchev–Trinajstić information content (AvgIpc) is 2.51. The molecule has 1 atom stereocenters. The van der Waals surface area contributed by atoms with Crippen LogP contribution in [-0.2, 0) is 17.8 Å². The van der Waals surface area contributed by atoms with Crippen molar-refractivity contribution in [1.82, 2.24) is 10.2 Å². The van der Waals surface area contributed by atoms with E-state index in [1.807, 2.05) is 0 Å². The van der Waals surface area contributed by atoms with E-state index in [0.29, 0.717) is 12.3 Å². The number of hydrogen-bond donors (Lipinski definition) is 1. The normalized spacial score (nSPS) is 16.1. The van der Waals surface area contributed by atoms with Crippen LogP contribution in [0.3, 0.4) is 0 Å². The third kappa shape index (κ3) is 5.45. The molecule has 0 radical (unpaired) electrons. The van der Waals surface area contributed by atoms with Gasteiger partial charge >= 0.3 is 0 Å². The summed E-state index contributed by atoms with van der Waals surface area (Å²) in [5.74, 6) is 0.716. The van der Waals surface area contributed by atoms with Crippen molar-refractivity contribution in [1.29, 1.82) is 0 Å². The maximum atomic E-state index is 11.8. The number of fused-ring (bicyclic) bond motifs is 1. The van der Waals surface area contributed by atoms with Gasteiger partial charge in [-0.2, -0.15) is 0 Å². The Kier molecular flexibility index (Phi) is 6.91. The monoisotopic (exact) mass is 302 g/mol. The molecule has 3 nitrogen and oxygen atoms in total. The summed E-state index contributed by atoms with van der Waals surface area (Å²) in [6.07, 6.45) is 5.16. The van der Waals surface area contributed by atoms with Crippen LogP contribution in [-0.4, -0.2) is 30.4 Å². The zero-order valence-electron chi connectivity index (χ0n) is 14.1. The van der Waals surface area contributed by atoms with Crippen LogP contribution in [0.25, 0.3) is 0 Å². The van der Waals surface area contributed by atoms with Gasteiger partial charge in [0.05, 0.1) is 0 Å². The summed E-state index contributed by atoms with van der Waals surface area (Å²) in [6, 6.07) is 8.73. The number of nitrogens with zero attached hydrogens (tertiary/aromatic N) is 1. The van der Waals surface area contributed by atoms with Crippen molar-refractivity contribution in [2.24, 2.45) is 5.92 Å². The van der Waals surface area contributed by atoms with E-state index in [1.165, 1.54) is 11.1 Å². The Bertz CT molecular complexity index is 472. The highest BCUT2D eigenvalue weighted by atomic mass is 16.1. The van der Waals surface area contributed by atoms with E-state index >= 15 is 0 Å². The van der Waals surface area contributed by atoms with Gasteiger partial charge in [0.25, 0.3) is 0 Å². The Morgan fingerprint density at radius 2 is 2.09 bits per heavy atom. The topological polar surface area (TPSA) is 32.3 Å². The average molecular weight is 302 g/mol. The van der Waals surface area contributed by atoms with Crippen molar-refractivity contribution in [3.8, 4) is 0 Å². The first-order valence-electron chi connectivity index (χ1n) is 8.75. The van der Waals surface area contributed by atoms with Crippen LogP contribution < -0.4 is 5.32 Å². The standard InChI is InChI=1S/C19H30N2O/c1-3-7-16(2)14-19(22)20-11-6-12-21-13-10-17-8-4-5-9-18(17)15-21/h4-5,8-9,16H,3,6-7,10-15H2,1-2H3,(H,20,22). The Hall–Kier alpha value is -1.35. The van der Waals surface area contributed by atoms with E-state index in [-0.39, 0.29) is 5.91 Å². The number of amides is 1. The second kappa shape index (κ2) is 8.94. The highest BCUT2D eigenvalue weighted by Gasteiger charge is 2.15. The number of hydrogen-bond acceptors (Lipinski definition) is 2. The summed E-state index contributed by atoms with van der Waals surface area (Å²) in [5.41, 5.74) is 2.96. The lowest BCUT2D eigenvalue weighted by atomic mass is 10.00. The van der Waals surface area contributed by atoms with Crippen LogP contribution in [0.15, 0.2) is 24.3 Å². The molecule has 1 unspecified atom stereocenters. The fraction of sp³-hybridized carbons (Fsp3) is 0.632. The van der Waals surface area contributed by atoms with Crippen LogP contribution >= 0.6 is 0 Å². The largest absolute Gasteiger partial charge is 0.356 e. The molecule has 0 fully saturated rings. The molecule has 2 rings (SSSR count). The fourth-order valence-electron chi connectivity index (χ4n) is 3.26. The van der Waals surface area contributed by atoms with Crippen molar-refractivity contribution in [2.45, 2.75) is 52.5 Å². The first-order chi connectivity index (χ1) is 10.7. The van der Waals surface area contributed by atoms with Gasteiger partial charge in [0.15, 0.2) is 0 Å². The second-order valence-corrected chi connectivity index (χ2v) is 6.60. The molecule has 0 saturated heterocycles. The quantitative estimate of drug-likeness (QED) is 0.747. The number of carbonyl (C=O) groups is 1. The van der Waals surface area contributed by atoms with Gasteiger partial charge in [-0.3, -0.25) is 9.69 Å². The van der Waals surface area contributed by atoms with Crippen LogP contribution in [0.1, 0.15) is 50.7 Å². The summed E-state index contributed by atoms with van der Waals surface area (Å²) in [7, 11) is 0.